The summed E-state index contributed by atoms with van der Waals surface area (Å²) in [6, 6.07) is 0. The minimum Gasteiger partial charge on any atom is -0.394 e. The van der Waals surface area contributed by atoms with Gasteiger partial charge in [0, 0.05) is 7.11 Å². The van der Waals surface area contributed by atoms with Gasteiger partial charge in [-0.1, -0.05) is 0 Å². The van der Waals surface area contributed by atoms with E-state index in [2.05, 4.69) is 0 Å². The molecule has 0 saturated carbocycles. The first-order valence-corrected chi connectivity index (χ1v) is 7.32. The summed E-state index contributed by atoms with van der Waals surface area (Å²) in [5, 5.41) is 58.8. The van der Waals surface area contributed by atoms with E-state index < -0.39 is 68.0 Å². The number of hydrogen-bond donors (Lipinski definition) is 6. The van der Waals surface area contributed by atoms with E-state index in [1.54, 1.807) is 0 Å². The molecule has 10 atom stereocenters. The van der Waals surface area contributed by atoms with Crippen LogP contribution < -0.4 is 0 Å². The lowest BCUT2D eigenvalue weighted by Crippen LogP contribution is -2.64. The molecule has 2 aliphatic heterocycles. The second-order valence-electron chi connectivity index (χ2n) is 5.72. The first-order chi connectivity index (χ1) is 10.8. The molecule has 2 heterocycles. The second-order valence-corrected chi connectivity index (χ2v) is 5.72. The molecule has 10 nitrogen and oxygen atoms in total. The van der Waals surface area contributed by atoms with Crippen LogP contribution in [-0.4, -0.2) is 106 Å². The SMILES string of the molecule is CO[C@@H]1OC(CO)[C@@H](O[C@H]2OC(C)[C@H](O)C(O)[C@@H]2O)C(O)[C@@H]1O. The topological polar surface area (TPSA) is 158 Å². The summed E-state index contributed by atoms with van der Waals surface area (Å²) >= 11 is 0. The molecule has 23 heavy (non-hydrogen) atoms. The van der Waals surface area contributed by atoms with Gasteiger partial charge in [0.1, 0.15) is 42.7 Å². The molecule has 0 aromatic heterocycles. The Bertz CT molecular complexity index is 380. The minimum atomic E-state index is -1.58. The fraction of sp³-hybridized carbons (Fsp3) is 1.00. The lowest BCUT2D eigenvalue weighted by Gasteiger charge is -2.45. The number of rotatable bonds is 4. The molecule has 0 aromatic carbocycles. The number of ether oxygens (including phenoxy) is 4. The van der Waals surface area contributed by atoms with Gasteiger partial charge in [-0.25, -0.2) is 0 Å². The smallest absolute Gasteiger partial charge is 0.187 e. The highest BCUT2D eigenvalue weighted by Crippen LogP contribution is 2.29. The molecule has 0 bridgehead atoms. The molecule has 4 unspecified atom stereocenters. The Morgan fingerprint density at radius 2 is 1.43 bits per heavy atom. The third kappa shape index (κ3) is 3.66. The van der Waals surface area contributed by atoms with Crippen molar-refractivity contribution in [2.45, 2.75) is 68.3 Å². The van der Waals surface area contributed by atoms with Gasteiger partial charge in [-0.3, -0.25) is 0 Å². The summed E-state index contributed by atoms with van der Waals surface area (Å²) < 4.78 is 20.8. The van der Waals surface area contributed by atoms with E-state index in [0.717, 1.165) is 0 Å². The van der Waals surface area contributed by atoms with Crippen LogP contribution in [-0.2, 0) is 18.9 Å². The standard InChI is InChI=1S/C13H24O10/c1-4-6(15)7(16)9(18)13(21-4)23-11-5(3-14)22-12(20-2)10(19)8(11)17/h4-19H,3H2,1-2H3/t4?,5?,6-,7?,8?,9-,10-,11+,12+,13+/m0/s1. The molecule has 0 radical (unpaired) electrons. The quantitative estimate of drug-likeness (QED) is 0.300. The third-order valence-corrected chi connectivity index (χ3v) is 4.15. The third-order valence-electron chi connectivity index (χ3n) is 4.15. The maximum Gasteiger partial charge on any atom is 0.187 e. The van der Waals surface area contributed by atoms with Crippen LogP contribution in [0.3, 0.4) is 0 Å². The Morgan fingerprint density at radius 1 is 0.826 bits per heavy atom. The summed E-state index contributed by atoms with van der Waals surface area (Å²) in [5.74, 6) is 0. The molecule has 6 N–H and O–H groups in total. The molecule has 0 aromatic rings. The summed E-state index contributed by atoms with van der Waals surface area (Å²) in [4.78, 5) is 0. The van der Waals surface area contributed by atoms with Crippen molar-refractivity contribution in [2.24, 2.45) is 0 Å². The van der Waals surface area contributed by atoms with Crippen LogP contribution in [0.2, 0.25) is 0 Å². The lowest BCUT2D eigenvalue weighted by molar-refractivity contribution is -0.354. The minimum absolute atomic E-state index is 0.544. The van der Waals surface area contributed by atoms with Gasteiger partial charge in [0.25, 0.3) is 0 Å². The van der Waals surface area contributed by atoms with Gasteiger partial charge in [0.2, 0.25) is 0 Å². The average Bonchev–Trinajstić information content (AvgIpc) is 2.54. The molecule has 0 amide bonds. The number of hydrogen-bond acceptors (Lipinski definition) is 10. The van der Waals surface area contributed by atoms with Gasteiger partial charge in [-0.15, -0.1) is 0 Å². The molecule has 136 valence electrons. The Kier molecular flexibility index (Phi) is 6.30. The zero-order chi connectivity index (χ0) is 17.3. The molecular weight excluding hydrogens is 316 g/mol. The van der Waals surface area contributed by atoms with Gasteiger partial charge in [-0.05, 0) is 6.92 Å². The molecular formula is C13H24O10. The van der Waals surface area contributed by atoms with Crippen LogP contribution in [0.15, 0.2) is 0 Å². The van der Waals surface area contributed by atoms with E-state index in [1.165, 1.54) is 14.0 Å². The first-order valence-electron chi connectivity index (χ1n) is 7.32. The van der Waals surface area contributed by atoms with Crippen molar-refractivity contribution in [1.29, 1.82) is 0 Å². The predicted molar refractivity (Wildman–Crippen MR) is 72.0 cm³/mol. The maximum atomic E-state index is 10.1. The molecule has 2 saturated heterocycles. The number of aliphatic hydroxyl groups is 6. The van der Waals surface area contributed by atoms with Gasteiger partial charge in [-0.2, -0.15) is 0 Å². The Morgan fingerprint density at radius 3 is 2.00 bits per heavy atom. The molecule has 0 spiro atoms. The van der Waals surface area contributed by atoms with Crippen LogP contribution in [0.4, 0.5) is 0 Å². The van der Waals surface area contributed by atoms with Crippen molar-refractivity contribution < 1.29 is 49.6 Å². The van der Waals surface area contributed by atoms with Crippen LogP contribution in [0.25, 0.3) is 0 Å². The normalized spacial score (nSPS) is 51.7. The summed E-state index contributed by atoms with van der Waals surface area (Å²) in [6.07, 6.45) is -13.0. The molecule has 2 rings (SSSR count). The van der Waals surface area contributed by atoms with E-state index >= 15 is 0 Å². The number of aliphatic hydroxyl groups excluding tert-OH is 6. The van der Waals surface area contributed by atoms with Crippen molar-refractivity contribution in [1.82, 2.24) is 0 Å². The van der Waals surface area contributed by atoms with Gasteiger partial charge >= 0.3 is 0 Å². The van der Waals surface area contributed by atoms with Crippen LogP contribution in [0, 0.1) is 0 Å². The van der Waals surface area contributed by atoms with Crippen LogP contribution >= 0.6 is 0 Å². The average molecular weight is 340 g/mol. The summed E-state index contributed by atoms with van der Waals surface area (Å²) in [6.45, 7) is 0.932. The molecule has 2 aliphatic rings. The molecule has 0 aliphatic carbocycles. The predicted octanol–water partition coefficient (Wildman–Crippen LogP) is -3.72. The van der Waals surface area contributed by atoms with Crippen molar-refractivity contribution in [3.05, 3.63) is 0 Å². The first kappa shape index (κ1) is 18.9. The zero-order valence-electron chi connectivity index (χ0n) is 12.8. The zero-order valence-corrected chi connectivity index (χ0v) is 12.8. The Balaban J connectivity index is 2.10. The van der Waals surface area contributed by atoms with E-state index in [1.807, 2.05) is 0 Å². The van der Waals surface area contributed by atoms with Crippen LogP contribution in [0.1, 0.15) is 6.92 Å². The highest BCUT2D eigenvalue weighted by molar-refractivity contribution is 4.93. The van der Waals surface area contributed by atoms with Crippen LogP contribution in [0.5, 0.6) is 0 Å². The van der Waals surface area contributed by atoms with E-state index in [0.29, 0.717) is 0 Å². The fourth-order valence-corrected chi connectivity index (χ4v) is 2.70. The van der Waals surface area contributed by atoms with Crippen molar-refractivity contribution in [2.75, 3.05) is 13.7 Å². The Hall–Kier alpha value is -0.400. The Labute approximate surface area is 132 Å². The maximum absolute atomic E-state index is 10.1. The largest absolute Gasteiger partial charge is 0.394 e. The van der Waals surface area contributed by atoms with Crippen molar-refractivity contribution in [3.8, 4) is 0 Å². The van der Waals surface area contributed by atoms with E-state index in [9.17, 15) is 30.6 Å². The highest BCUT2D eigenvalue weighted by Gasteiger charge is 2.49. The molecule has 10 heteroatoms. The van der Waals surface area contributed by atoms with Gasteiger partial charge in [0.05, 0.1) is 12.7 Å². The number of methoxy groups -OCH3 is 1. The summed E-state index contributed by atoms with van der Waals surface area (Å²) in [5.41, 5.74) is 0. The van der Waals surface area contributed by atoms with Crippen molar-refractivity contribution in [3.63, 3.8) is 0 Å². The lowest BCUT2D eigenvalue weighted by atomic mass is 9.97. The highest BCUT2D eigenvalue weighted by atomic mass is 16.7. The second kappa shape index (κ2) is 7.66. The fourth-order valence-electron chi connectivity index (χ4n) is 2.70. The monoisotopic (exact) mass is 340 g/mol. The van der Waals surface area contributed by atoms with Crippen molar-refractivity contribution >= 4 is 0 Å². The van der Waals surface area contributed by atoms with E-state index in [4.69, 9.17) is 18.9 Å². The molecule has 2 fully saturated rings. The van der Waals surface area contributed by atoms with E-state index in [-0.39, 0.29) is 0 Å². The van der Waals surface area contributed by atoms with Gasteiger partial charge in [0.15, 0.2) is 12.6 Å². The summed E-state index contributed by atoms with van der Waals surface area (Å²) in [7, 11) is 1.27. The van der Waals surface area contributed by atoms with Gasteiger partial charge < -0.3 is 49.6 Å².